The number of hydrogen-bond acceptors (Lipinski definition) is 3. The minimum Gasteiger partial charge on any atom is -0.456 e. The van der Waals surface area contributed by atoms with Crippen molar-refractivity contribution in [2.24, 2.45) is 0 Å². The number of hydrogen-bond donors (Lipinski definition) is 0. The summed E-state index contributed by atoms with van der Waals surface area (Å²) in [5.74, 6) is -0.211. The summed E-state index contributed by atoms with van der Waals surface area (Å²) in [5.41, 5.74) is 0.305. The largest absolute Gasteiger partial charge is 0.456 e. The van der Waals surface area contributed by atoms with Crippen molar-refractivity contribution in [2.45, 2.75) is 45.6 Å². The fourth-order valence-electron chi connectivity index (χ4n) is 1.34. The molecule has 0 aliphatic carbocycles. The maximum atomic E-state index is 11.7. The van der Waals surface area contributed by atoms with Gasteiger partial charge in [0, 0.05) is 5.38 Å². The Morgan fingerprint density at radius 1 is 1.53 bits per heavy atom. The number of carbonyl (C=O) groups is 1. The maximum absolute atomic E-state index is 11.7. The highest BCUT2D eigenvalue weighted by Gasteiger charge is 2.22. The van der Waals surface area contributed by atoms with E-state index in [9.17, 15) is 4.79 Å². The number of ether oxygens (including phenoxy) is 1. The zero-order valence-corrected chi connectivity index (χ0v) is 10.4. The molecule has 0 unspecified atom stereocenters. The van der Waals surface area contributed by atoms with Gasteiger partial charge in [-0.1, -0.05) is 13.3 Å². The predicted molar refractivity (Wildman–Crippen MR) is 63.3 cm³/mol. The minimum atomic E-state index is -0.352. The van der Waals surface area contributed by atoms with Crippen LogP contribution in [-0.2, 0) is 4.74 Å². The number of esters is 1. The number of carbonyl (C=O) groups excluding carboxylic acids is 1. The molecule has 15 heavy (non-hydrogen) atoms. The minimum absolute atomic E-state index is 0.211. The van der Waals surface area contributed by atoms with Gasteiger partial charge in [0.05, 0.1) is 5.56 Å². The van der Waals surface area contributed by atoms with Crippen LogP contribution in [-0.4, -0.2) is 11.6 Å². The molecule has 1 heterocycles. The summed E-state index contributed by atoms with van der Waals surface area (Å²) in [6.45, 7) is 6.07. The van der Waals surface area contributed by atoms with Crippen LogP contribution in [0, 0.1) is 0 Å². The number of thiophene rings is 1. The Kier molecular flexibility index (Phi) is 4.33. The zero-order chi connectivity index (χ0) is 11.3. The monoisotopic (exact) mass is 226 g/mol. The molecule has 0 bridgehead atoms. The highest BCUT2D eigenvalue weighted by Crippen LogP contribution is 2.20. The molecule has 0 aromatic carbocycles. The molecule has 0 radical (unpaired) electrons. The van der Waals surface area contributed by atoms with Crippen LogP contribution >= 0.6 is 11.3 Å². The van der Waals surface area contributed by atoms with E-state index >= 15 is 0 Å². The first-order valence-electron chi connectivity index (χ1n) is 5.31. The molecule has 0 aliphatic rings. The molecule has 84 valence electrons. The highest BCUT2D eigenvalue weighted by atomic mass is 32.1. The third kappa shape index (κ3) is 4.04. The smallest absolute Gasteiger partial charge is 0.339 e. The molecule has 0 spiro atoms. The van der Waals surface area contributed by atoms with Gasteiger partial charge in [-0.05, 0) is 38.1 Å². The molecule has 0 fully saturated rings. The maximum Gasteiger partial charge on any atom is 0.339 e. The molecule has 1 rings (SSSR count). The first-order valence-corrected chi connectivity index (χ1v) is 6.25. The summed E-state index contributed by atoms with van der Waals surface area (Å²) in [7, 11) is 0. The Hall–Kier alpha value is -0.830. The summed E-state index contributed by atoms with van der Waals surface area (Å²) in [6.07, 6.45) is 3.13. The van der Waals surface area contributed by atoms with Crippen LogP contribution in [0.5, 0.6) is 0 Å². The summed E-state index contributed by atoms with van der Waals surface area (Å²) >= 11 is 1.51. The van der Waals surface area contributed by atoms with E-state index in [0.29, 0.717) is 5.56 Å². The second-order valence-electron chi connectivity index (χ2n) is 4.26. The first kappa shape index (κ1) is 12.2. The Labute approximate surface area is 95.3 Å². The lowest BCUT2D eigenvalue weighted by Gasteiger charge is -2.24. The van der Waals surface area contributed by atoms with E-state index in [1.807, 2.05) is 24.6 Å². The summed E-state index contributed by atoms with van der Waals surface area (Å²) in [5, 5.41) is 3.70. The molecular formula is C12H18O2S. The fourth-order valence-corrected chi connectivity index (χ4v) is 1.97. The van der Waals surface area contributed by atoms with Crippen LogP contribution in [0.4, 0.5) is 0 Å². The average molecular weight is 226 g/mol. The summed E-state index contributed by atoms with van der Waals surface area (Å²) < 4.78 is 5.45. The molecule has 0 aliphatic heterocycles. The first-order chi connectivity index (χ1) is 7.05. The standard InChI is InChI=1S/C12H18O2S/c1-4-5-7-12(2,3)14-11(13)10-6-8-15-9-10/h6,8-9H,4-5,7H2,1-3H3. The van der Waals surface area contributed by atoms with Crippen molar-refractivity contribution in [3.8, 4) is 0 Å². The molecule has 0 N–H and O–H groups in total. The van der Waals surface area contributed by atoms with Crippen LogP contribution in [0.25, 0.3) is 0 Å². The van der Waals surface area contributed by atoms with Crippen molar-refractivity contribution in [2.75, 3.05) is 0 Å². The molecule has 0 amide bonds. The van der Waals surface area contributed by atoms with E-state index in [1.54, 1.807) is 6.07 Å². The molecule has 1 aromatic rings. The van der Waals surface area contributed by atoms with Crippen molar-refractivity contribution in [3.05, 3.63) is 22.4 Å². The Bertz CT molecular complexity index is 301. The van der Waals surface area contributed by atoms with Gasteiger partial charge >= 0.3 is 5.97 Å². The van der Waals surface area contributed by atoms with Gasteiger partial charge < -0.3 is 4.74 Å². The third-order valence-electron chi connectivity index (χ3n) is 2.26. The third-order valence-corrected chi connectivity index (χ3v) is 2.94. The van der Waals surface area contributed by atoms with Gasteiger partial charge in [-0.2, -0.15) is 11.3 Å². The van der Waals surface area contributed by atoms with Crippen molar-refractivity contribution in [1.82, 2.24) is 0 Å². The predicted octanol–water partition coefficient (Wildman–Crippen LogP) is 3.87. The summed E-state index contributed by atoms with van der Waals surface area (Å²) in [4.78, 5) is 11.7. The van der Waals surface area contributed by atoms with E-state index in [1.165, 1.54) is 11.3 Å². The molecular weight excluding hydrogens is 208 g/mol. The molecule has 0 atom stereocenters. The van der Waals surface area contributed by atoms with Gasteiger partial charge in [-0.15, -0.1) is 0 Å². The van der Waals surface area contributed by atoms with Crippen molar-refractivity contribution >= 4 is 17.3 Å². The quantitative estimate of drug-likeness (QED) is 0.712. The fraction of sp³-hybridized carbons (Fsp3) is 0.583. The number of unbranched alkanes of at least 4 members (excludes halogenated alkanes) is 1. The van der Waals surface area contributed by atoms with Crippen LogP contribution in [0.3, 0.4) is 0 Å². The summed E-state index contributed by atoms with van der Waals surface area (Å²) in [6, 6.07) is 1.79. The molecule has 1 aromatic heterocycles. The molecule has 0 saturated carbocycles. The van der Waals surface area contributed by atoms with Crippen LogP contribution < -0.4 is 0 Å². The molecule has 2 nitrogen and oxygen atoms in total. The van der Waals surface area contributed by atoms with Gasteiger partial charge in [0.2, 0.25) is 0 Å². The Balaban J connectivity index is 2.50. The Morgan fingerprint density at radius 3 is 2.80 bits per heavy atom. The highest BCUT2D eigenvalue weighted by molar-refractivity contribution is 7.08. The second kappa shape index (κ2) is 5.31. The lowest BCUT2D eigenvalue weighted by molar-refractivity contribution is -0.00526. The van der Waals surface area contributed by atoms with Crippen molar-refractivity contribution in [1.29, 1.82) is 0 Å². The van der Waals surface area contributed by atoms with Crippen LogP contribution in [0.15, 0.2) is 16.8 Å². The van der Waals surface area contributed by atoms with Gasteiger partial charge in [0.1, 0.15) is 5.60 Å². The Morgan fingerprint density at radius 2 is 2.27 bits per heavy atom. The van der Waals surface area contributed by atoms with E-state index < -0.39 is 0 Å². The second-order valence-corrected chi connectivity index (χ2v) is 5.04. The lowest BCUT2D eigenvalue weighted by Crippen LogP contribution is -2.27. The van der Waals surface area contributed by atoms with Gasteiger partial charge in [-0.3, -0.25) is 0 Å². The average Bonchev–Trinajstić information content (AvgIpc) is 2.67. The van der Waals surface area contributed by atoms with Crippen LogP contribution in [0.1, 0.15) is 50.4 Å². The van der Waals surface area contributed by atoms with Crippen molar-refractivity contribution in [3.63, 3.8) is 0 Å². The van der Waals surface area contributed by atoms with Gasteiger partial charge in [0.15, 0.2) is 0 Å². The van der Waals surface area contributed by atoms with Gasteiger partial charge in [0.25, 0.3) is 0 Å². The van der Waals surface area contributed by atoms with E-state index in [-0.39, 0.29) is 11.6 Å². The van der Waals surface area contributed by atoms with E-state index in [4.69, 9.17) is 4.74 Å². The van der Waals surface area contributed by atoms with E-state index in [0.717, 1.165) is 19.3 Å². The normalized spacial score (nSPS) is 11.4. The topological polar surface area (TPSA) is 26.3 Å². The van der Waals surface area contributed by atoms with Crippen molar-refractivity contribution < 1.29 is 9.53 Å². The zero-order valence-electron chi connectivity index (χ0n) is 9.58. The molecule has 3 heteroatoms. The van der Waals surface area contributed by atoms with Gasteiger partial charge in [-0.25, -0.2) is 4.79 Å². The van der Waals surface area contributed by atoms with E-state index in [2.05, 4.69) is 6.92 Å². The molecule has 0 saturated heterocycles. The number of rotatable bonds is 5. The van der Waals surface area contributed by atoms with Crippen LogP contribution in [0.2, 0.25) is 0 Å². The SMILES string of the molecule is CCCCC(C)(C)OC(=O)c1ccsc1. The lowest BCUT2D eigenvalue weighted by atomic mass is 10.0.